The van der Waals surface area contributed by atoms with Crippen molar-refractivity contribution in [3.05, 3.63) is 64.3 Å². The number of hydrogen-bond acceptors (Lipinski definition) is 4. The molecule has 0 spiro atoms. The third-order valence-electron chi connectivity index (χ3n) is 3.52. The molecule has 0 aliphatic carbocycles. The first-order valence-electron chi connectivity index (χ1n) is 7.80. The first-order chi connectivity index (χ1) is 12.1. The number of carbonyl (C=O) groups excluding carboxylic acids is 1. The van der Waals surface area contributed by atoms with Crippen molar-refractivity contribution in [3.63, 3.8) is 0 Å². The molecule has 25 heavy (non-hydrogen) atoms. The van der Waals surface area contributed by atoms with Crippen molar-refractivity contribution < 1.29 is 4.79 Å². The summed E-state index contributed by atoms with van der Waals surface area (Å²) in [5.41, 5.74) is 2.55. The zero-order valence-corrected chi connectivity index (χ0v) is 15.2. The van der Waals surface area contributed by atoms with Crippen LogP contribution >= 0.6 is 22.9 Å². The maximum atomic E-state index is 11.9. The Bertz CT molecular complexity index is 849. The summed E-state index contributed by atoms with van der Waals surface area (Å²) in [5.74, 6) is 0. The molecule has 1 aromatic carbocycles. The van der Waals surface area contributed by atoms with E-state index in [9.17, 15) is 4.79 Å². The van der Waals surface area contributed by atoms with Gasteiger partial charge in [-0.2, -0.15) is 0 Å². The van der Waals surface area contributed by atoms with Crippen LogP contribution in [-0.2, 0) is 6.42 Å². The molecule has 2 heterocycles. The number of amides is 2. The molecule has 0 radical (unpaired) electrons. The Morgan fingerprint density at radius 3 is 2.72 bits per heavy atom. The van der Waals surface area contributed by atoms with E-state index in [0.29, 0.717) is 17.3 Å². The molecule has 2 N–H and O–H groups in total. The van der Waals surface area contributed by atoms with E-state index in [1.165, 1.54) is 0 Å². The van der Waals surface area contributed by atoms with Gasteiger partial charge in [-0.05, 0) is 43.3 Å². The van der Waals surface area contributed by atoms with Crippen LogP contribution in [0.25, 0.3) is 10.7 Å². The molecule has 3 rings (SSSR count). The van der Waals surface area contributed by atoms with E-state index < -0.39 is 0 Å². The van der Waals surface area contributed by atoms with Gasteiger partial charge in [-0.15, -0.1) is 11.3 Å². The lowest BCUT2D eigenvalue weighted by molar-refractivity contribution is 0.252. The van der Waals surface area contributed by atoms with Gasteiger partial charge in [0.15, 0.2) is 0 Å². The first kappa shape index (κ1) is 17.4. The van der Waals surface area contributed by atoms with Crippen LogP contribution in [0, 0.1) is 6.92 Å². The van der Waals surface area contributed by atoms with Crippen LogP contribution < -0.4 is 10.6 Å². The summed E-state index contributed by atoms with van der Waals surface area (Å²) in [6, 6.07) is 12.5. The first-order valence-corrected chi connectivity index (χ1v) is 8.99. The highest BCUT2D eigenvalue weighted by atomic mass is 35.5. The molecule has 0 atom stereocenters. The van der Waals surface area contributed by atoms with E-state index in [-0.39, 0.29) is 6.03 Å². The fraction of sp³-hybridized carbons (Fsp3) is 0.167. The van der Waals surface area contributed by atoms with Gasteiger partial charge >= 0.3 is 6.03 Å². The van der Waals surface area contributed by atoms with Gasteiger partial charge < -0.3 is 10.6 Å². The number of hydrogen-bond donors (Lipinski definition) is 2. The number of halogens is 1. The quantitative estimate of drug-likeness (QED) is 0.691. The van der Waals surface area contributed by atoms with Crippen LogP contribution in [0.5, 0.6) is 0 Å². The predicted molar refractivity (Wildman–Crippen MR) is 102 cm³/mol. The largest absolute Gasteiger partial charge is 0.338 e. The topological polar surface area (TPSA) is 66.9 Å². The van der Waals surface area contributed by atoms with Crippen LogP contribution in [0.15, 0.2) is 48.7 Å². The van der Waals surface area contributed by atoms with E-state index in [0.717, 1.165) is 27.7 Å². The van der Waals surface area contributed by atoms with E-state index in [4.69, 9.17) is 11.6 Å². The summed E-state index contributed by atoms with van der Waals surface area (Å²) in [4.78, 5) is 22.0. The van der Waals surface area contributed by atoms with Gasteiger partial charge in [0.1, 0.15) is 5.01 Å². The number of anilines is 1. The minimum atomic E-state index is -0.241. The number of urea groups is 1. The van der Waals surface area contributed by atoms with E-state index >= 15 is 0 Å². The predicted octanol–water partition coefficient (Wildman–Crippen LogP) is 4.53. The fourth-order valence-corrected chi connectivity index (χ4v) is 3.42. The molecule has 0 aliphatic heterocycles. The fourth-order valence-electron chi connectivity index (χ4n) is 2.26. The van der Waals surface area contributed by atoms with Gasteiger partial charge in [-0.25, -0.2) is 9.78 Å². The van der Waals surface area contributed by atoms with Gasteiger partial charge in [0.2, 0.25) is 0 Å². The minimum absolute atomic E-state index is 0.241. The van der Waals surface area contributed by atoms with Gasteiger partial charge in [0.05, 0.1) is 11.4 Å². The maximum Gasteiger partial charge on any atom is 0.319 e. The normalized spacial score (nSPS) is 10.5. The second-order valence-electron chi connectivity index (χ2n) is 5.38. The molecule has 0 fully saturated rings. The molecule has 2 amide bonds. The molecule has 0 unspecified atom stereocenters. The summed E-state index contributed by atoms with van der Waals surface area (Å²) in [6.45, 7) is 2.51. The second-order valence-corrected chi connectivity index (χ2v) is 6.90. The van der Waals surface area contributed by atoms with Crippen LogP contribution in [0.3, 0.4) is 0 Å². The molecule has 2 aromatic heterocycles. The molecule has 5 nitrogen and oxygen atoms in total. The van der Waals surface area contributed by atoms with Gasteiger partial charge in [0, 0.05) is 34.7 Å². The van der Waals surface area contributed by atoms with Gasteiger partial charge in [-0.1, -0.05) is 17.7 Å². The van der Waals surface area contributed by atoms with Crippen LogP contribution in [-0.4, -0.2) is 22.5 Å². The van der Waals surface area contributed by atoms with Gasteiger partial charge in [-0.3, -0.25) is 4.98 Å². The molecule has 7 heteroatoms. The Kier molecular flexibility index (Phi) is 5.63. The van der Waals surface area contributed by atoms with Gasteiger partial charge in [0.25, 0.3) is 0 Å². The van der Waals surface area contributed by atoms with Crippen LogP contribution in [0.1, 0.15) is 10.6 Å². The number of nitrogens with zero attached hydrogens (tertiary/aromatic N) is 2. The zero-order valence-electron chi connectivity index (χ0n) is 13.6. The molecule has 3 aromatic rings. The molecular weight excluding hydrogens is 356 g/mol. The summed E-state index contributed by atoms with van der Waals surface area (Å²) >= 11 is 7.43. The van der Waals surface area contributed by atoms with E-state index in [1.807, 2.05) is 25.1 Å². The molecule has 0 saturated carbocycles. The second kappa shape index (κ2) is 8.09. The third kappa shape index (κ3) is 4.78. The Balaban J connectivity index is 1.53. The summed E-state index contributed by atoms with van der Waals surface area (Å²) in [7, 11) is 0. The number of aromatic nitrogens is 2. The smallest absolute Gasteiger partial charge is 0.319 e. The Morgan fingerprint density at radius 2 is 2.00 bits per heavy atom. The lowest BCUT2D eigenvalue weighted by atomic mass is 10.3. The summed E-state index contributed by atoms with van der Waals surface area (Å²) < 4.78 is 0. The van der Waals surface area contributed by atoms with Crippen molar-refractivity contribution in [1.29, 1.82) is 0 Å². The summed E-state index contributed by atoms with van der Waals surface area (Å²) in [5, 5.41) is 7.16. The van der Waals surface area contributed by atoms with E-state index in [2.05, 4.69) is 20.6 Å². The molecular formula is C18H17ClN4OS. The van der Waals surface area contributed by atoms with Crippen molar-refractivity contribution >= 4 is 34.7 Å². The monoisotopic (exact) mass is 372 g/mol. The average molecular weight is 373 g/mol. The zero-order chi connectivity index (χ0) is 17.6. The number of nitrogens with one attached hydrogen (secondary N) is 2. The molecule has 0 bridgehead atoms. The van der Waals surface area contributed by atoms with Crippen molar-refractivity contribution in [2.75, 3.05) is 11.9 Å². The number of carbonyl (C=O) groups is 1. The maximum absolute atomic E-state index is 11.9. The minimum Gasteiger partial charge on any atom is -0.338 e. The number of pyridine rings is 1. The third-order valence-corrected chi connectivity index (χ3v) is 5.01. The Hall–Kier alpha value is -2.44. The number of thiazole rings is 1. The highest BCUT2D eigenvalue weighted by molar-refractivity contribution is 7.15. The molecule has 0 aliphatic rings. The lowest BCUT2D eigenvalue weighted by Gasteiger charge is -2.07. The summed E-state index contributed by atoms with van der Waals surface area (Å²) in [6.07, 6.45) is 2.48. The molecule has 0 saturated heterocycles. The van der Waals surface area contributed by atoms with Crippen molar-refractivity contribution in [2.24, 2.45) is 0 Å². The van der Waals surface area contributed by atoms with Crippen LogP contribution in [0.2, 0.25) is 5.02 Å². The highest BCUT2D eigenvalue weighted by Crippen LogP contribution is 2.26. The SMILES string of the molecule is Cc1nc(-c2ccccn2)sc1CCNC(=O)Nc1ccc(Cl)cc1. The molecule has 128 valence electrons. The standard InChI is InChI=1S/C18H17ClN4OS/c1-12-16(25-17(22-12)15-4-2-3-10-20-15)9-11-21-18(24)23-14-7-5-13(19)6-8-14/h2-8,10H,9,11H2,1H3,(H2,21,23,24). The number of benzene rings is 1. The number of rotatable bonds is 5. The number of aryl methyl sites for hydroxylation is 1. The highest BCUT2D eigenvalue weighted by Gasteiger charge is 2.10. The average Bonchev–Trinajstić information content (AvgIpc) is 2.99. The van der Waals surface area contributed by atoms with Crippen LogP contribution in [0.4, 0.5) is 10.5 Å². The van der Waals surface area contributed by atoms with E-state index in [1.54, 1.807) is 41.8 Å². The van der Waals surface area contributed by atoms with Crippen molar-refractivity contribution in [2.45, 2.75) is 13.3 Å². The van der Waals surface area contributed by atoms with Crippen molar-refractivity contribution in [1.82, 2.24) is 15.3 Å². The lowest BCUT2D eigenvalue weighted by Crippen LogP contribution is -2.30. The Labute approximate surface area is 155 Å². The Morgan fingerprint density at radius 1 is 1.20 bits per heavy atom. The van der Waals surface area contributed by atoms with Crippen molar-refractivity contribution in [3.8, 4) is 10.7 Å².